The number of nitrogens with zero attached hydrogens (tertiary/aromatic N) is 4. The molecule has 2 atom stereocenters. The molecule has 26 heavy (non-hydrogen) atoms. The number of benzene rings is 1. The number of aromatic nitrogens is 2. The van der Waals surface area contributed by atoms with Gasteiger partial charge < -0.3 is 9.30 Å². The number of fused-ring (bicyclic) bond motifs is 3. The van der Waals surface area contributed by atoms with Crippen molar-refractivity contribution in [3.63, 3.8) is 0 Å². The second-order valence-corrected chi connectivity index (χ2v) is 7.51. The van der Waals surface area contributed by atoms with Gasteiger partial charge in [-0.1, -0.05) is 36.4 Å². The van der Waals surface area contributed by atoms with Gasteiger partial charge in [-0.2, -0.15) is 0 Å². The Kier molecular flexibility index (Phi) is 3.57. The first-order valence-corrected chi connectivity index (χ1v) is 9.22. The number of hydrogen-bond donors (Lipinski definition) is 0. The predicted octanol–water partition coefficient (Wildman–Crippen LogP) is 2.74. The number of piperazine rings is 1. The van der Waals surface area contributed by atoms with E-state index >= 15 is 0 Å². The predicted molar refractivity (Wildman–Crippen MR) is 100 cm³/mol. The van der Waals surface area contributed by atoms with Gasteiger partial charge in [-0.05, 0) is 30.5 Å². The Balaban J connectivity index is 1.31. The van der Waals surface area contributed by atoms with Crippen molar-refractivity contribution >= 4 is 11.6 Å². The molecule has 1 amide bonds. The first-order chi connectivity index (χ1) is 12.7. The first-order valence-electron chi connectivity index (χ1n) is 9.22. The standard InChI is InChI=1S/C21H22N4O/c1-15-7-8-20-22-19(14-24(20)10-15)21(26)25-13-17-9-18(25)12-23(17)11-16-5-3-2-4-6-16/h2-8,10,14,17-18H,9,11-13H2,1H3/t17-,18-/m0/s1. The number of imidazole rings is 1. The van der Waals surface area contributed by atoms with Crippen molar-refractivity contribution in [1.82, 2.24) is 19.2 Å². The van der Waals surface area contributed by atoms with Crippen LogP contribution in [0.25, 0.3) is 5.65 Å². The van der Waals surface area contributed by atoms with Gasteiger partial charge in [0.25, 0.3) is 5.91 Å². The number of likely N-dealkylation sites (tertiary alicyclic amines) is 2. The minimum Gasteiger partial charge on any atom is -0.331 e. The number of amides is 1. The summed E-state index contributed by atoms with van der Waals surface area (Å²) in [7, 11) is 0. The minimum atomic E-state index is 0.0678. The fourth-order valence-corrected chi connectivity index (χ4v) is 4.36. The van der Waals surface area contributed by atoms with Gasteiger partial charge in [0.15, 0.2) is 0 Å². The maximum absolute atomic E-state index is 13.0. The summed E-state index contributed by atoms with van der Waals surface area (Å²) in [5, 5.41) is 0. The number of carbonyl (C=O) groups excluding carboxylic acids is 1. The topological polar surface area (TPSA) is 40.9 Å². The Labute approximate surface area is 152 Å². The van der Waals surface area contributed by atoms with Crippen LogP contribution >= 0.6 is 0 Å². The molecule has 132 valence electrons. The van der Waals surface area contributed by atoms with Crippen LogP contribution in [0, 0.1) is 6.92 Å². The van der Waals surface area contributed by atoms with Gasteiger partial charge in [0.2, 0.25) is 0 Å². The second-order valence-electron chi connectivity index (χ2n) is 7.51. The molecule has 4 heterocycles. The average molecular weight is 346 g/mol. The summed E-state index contributed by atoms with van der Waals surface area (Å²) in [6.45, 7) is 4.78. The lowest BCUT2D eigenvalue weighted by Gasteiger charge is -2.33. The largest absolute Gasteiger partial charge is 0.331 e. The summed E-state index contributed by atoms with van der Waals surface area (Å²) in [6.07, 6.45) is 4.94. The Morgan fingerprint density at radius 3 is 2.69 bits per heavy atom. The Bertz CT molecular complexity index is 965. The van der Waals surface area contributed by atoms with E-state index in [2.05, 4.69) is 40.2 Å². The van der Waals surface area contributed by atoms with Gasteiger partial charge in [0.1, 0.15) is 11.3 Å². The van der Waals surface area contributed by atoms with Crippen molar-refractivity contribution in [1.29, 1.82) is 0 Å². The minimum absolute atomic E-state index is 0.0678. The SMILES string of the molecule is Cc1ccc2nc(C(=O)N3C[C@@H]4C[C@H]3CN4Cc3ccccc3)cn2c1. The maximum Gasteiger partial charge on any atom is 0.274 e. The molecular formula is C21H22N4O. The first kappa shape index (κ1) is 15.6. The molecule has 1 aromatic carbocycles. The molecule has 0 radical (unpaired) electrons. The molecule has 0 unspecified atom stereocenters. The van der Waals surface area contributed by atoms with Crippen molar-refractivity contribution in [2.75, 3.05) is 13.1 Å². The molecule has 0 aliphatic carbocycles. The number of carbonyl (C=O) groups is 1. The quantitative estimate of drug-likeness (QED) is 0.732. The maximum atomic E-state index is 13.0. The number of rotatable bonds is 3. The molecule has 2 aromatic heterocycles. The Morgan fingerprint density at radius 2 is 1.92 bits per heavy atom. The fourth-order valence-electron chi connectivity index (χ4n) is 4.36. The fraction of sp³-hybridized carbons (Fsp3) is 0.333. The molecule has 5 heteroatoms. The third-order valence-electron chi connectivity index (χ3n) is 5.66. The molecule has 2 aliphatic heterocycles. The summed E-state index contributed by atoms with van der Waals surface area (Å²) in [5.41, 5.74) is 3.88. The molecule has 3 aromatic rings. The van der Waals surface area contributed by atoms with Gasteiger partial charge in [0, 0.05) is 44.1 Å². The highest BCUT2D eigenvalue weighted by atomic mass is 16.2. The molecular weight excluding hydrogens is 324 g/mol. The lowest BCUT2D eigenvalue weighted by atomic mass is 10.2. The smallest absolute Gasteiger partial charge is 0.274 e. The van der Waals surface area contributed by atoms with Crippen LogP contribution in [0.5, 0.6) is 0 Å². The zero-order valence-electron chi connectivity index (χ0n) is 14.9. The van der Waals surface area contributed by atoms with E-state index in [1.54, 1.807) is 0 Å². The van der Waals surface area contributed by atoms with Gasteiger partial charge in [0.05, 0.1) is 0 Å². The van der Waals surface area contributed by atoms with E-state index in [1.165, 1.54) is 5.56 Å². The zero-order valence-corrected chi connectivity index (χ0v) is 14.9. The molecule has 2 aliphatic rings. The van der Waals surface area contributed by atoms with Gasteiger partial charge in [-0.15, -0.1) is 0 Å². The number of pyridine rings is 1. The molecule has 2 fully saturated rings. The van der Waals surface area contributed by atoms with E-state index < -0.39 is 0 Å². The van der Waals surface area contributed by atoms with Crippen LogP contribution in [0.2, 0.25) is 0 Å². The molecule has 5 rings (SSSR count). The van der Waals surface area contributed by atoms with E-state index in [4.69, 9.17) is 0 Å². The third kappa shape index (κ3) is 2.59. The van der Waals surface area contributed by atoms with Crippen LogP contribution < -0.4 is 0 Å². The summed E-state index contributed by atoms with van der Waals surface area (Å²) in [6, 6.07) is 15.3. The highest BCUT2D eigenvalue weighted by molar-refractivity contribution is 5.93. The summed E-state index contributed by atoms with van der Waals surface area (Å²) >= 11 is 0. The van der Waals surface area contributed by atoms with Crippen LogP contribution in [0.1, 0.15) is 28.0 Å². The van der Waals surface area contributed by atoms with Crippen molar-refractivity contribution in [3.8, 4) is 0 Å². The molecule has 2 saturated heterocycles. The van der Waals surface area contributed by atoms with Crippen molar-refractivity contribution in [2.45, 2.75) is 32.0 Å². The van der Waals surface area contributed by atoms with Crippen molar-refractivity contribution in [3.05, 3.63) is 71.7 Å². The van der Waals surface area contributed by atoms with Crippen LogP contribution in [-0.4, -0.2) is 50.3 Å². The summed E-state index contributed by atoms with van der Waals surface area (Å²) < 4.78 is 1.94. The normalized spacial score (nSPS) is 22.4. The molecule has 0 N–H and O–H groups in total. The van der Waals surface area contributed by atoms with Gasteiger partial charge in [-0.25, -0.2) is 4.98 Å². The number of aryl methyl sites for hydroxylation is 1. The van der Waals surface area contributed by atoms with Crippen LogP contribution in [0.15, 0.2) is 54.9 Å². The van der Waals surface area contributed by atoms with Crippen LogP contribution in [0.3, 0.4) is 0 Å². The molecule has 5 nitrogen and oxygen atoms in total. The lowest BCUT2D eigenvalue weighted by Crippen LogP contribution is -2.48. The lowest BCUT2D eigenvalue weighted by molar-refractivity contribution is 0.0611. The van der Waals surface area contributed by atoms with Crippen molar-refractivity contribution < 1.29 is 4.79 Å². The zero-order chi connectivity index (χ0) is 17.7. The highest BCUT2D eigenvalue weighted by Crippen LogP contribution is 2.32. The van der Waals surface area contributed by atoms with Gasteiger partial charge >= 0.3 is 0 Å². The summed E-state index contributed by atoms with van der Waals surface area (Å²) in [5.74, 6) is 0.0678. The van der Waals surface area contributed by atoms with Crippen LogP contribution in [0.4, 0.5) is 0 Å². The number of hydrogen-bond acceptors (Lipinski definition) is 3. The Morgan fingerprint density at radius 1 is 1.08 bits per heavy atom. The van der Waals surface area contributed by atoms with E-state index in [-0.39, 0.29) is 5.91 Å². The molecule has 2 bridgehead atoms. The summed E-state index contributed by atoms with van der Waals surface area (Å²) in [4.78, 5) is 22.1. The molecule has 0 spiro atoms. The highest BCUT2D eigenvalue weighted by Gasteiger charge is 2.45. The second kappa shape index (κ2) is 5.95. The van der Waals surface area contributed by atoms with E-state index in [1.807, 2.05) is 40.8 Å². The third-order valence-corrected chi connectivity index (χ3v) is 5.66. The molecule has 0 saturated carbocycles. The van der Waals surface area contributed by atoms with Gasteiger partial charge in [-0.3, -0.25) is 9.69 Å². The van der Waals surface area contributed by atoms with Crippen LogP contribution in [-0.2, 0) is 6.54 Å². The average Bonchev–Trinajstić information content (AvgIpc) is 3.35. The van der Waals surface area contributed by atoms with E-state index in [0.717, 1.165) is 37.3 Å². The monoisotopic (exact) mass is 346 g/mol. The van der Waals surface area contributed by atoms with E-state index in [0.29, 0.717) is 17.8 Å². The Hall–Kier alpha value is -2.66. The van der Waals surface area contributed by atoms with E-state index in [9.17, 15) is 4.79 Å². The van der Waals surface area contributed by atoms with Crippen molar-refractivity contribution in [2.24, 2.45) is 0 Å².